The maximum atomic E-state index is 8.88. The Bertz CT molecular complexity index is 824. The highest BCUT2D eigenvalue weighted by Gasteiger charge is 2.08. The molecule has 1 aromatic heterocycles. The van der Waals surface area contributed by atoms with Crippen molar-refractivity contribution in [3.05, 3.63) is 64.8 Å². The normalized spacial score (nSPS) is 10.2. The van der Waals surface area contributed by atoms with Crippen LogP contribution in [0, 0.1) is 11.3 Å². The Morgan fingerprint density at radius 3 is 2.80 bits per heavy atom. The minimum absolute atomic E-state index is 0.403. The van der Waals surface area contributed by atoms with Crippen LogP contribution in [-0.2, 0) is 0 Å². The van der Waals surface area contributed by atoms with Gasteiger partial charge in [0.1, 0.15) is 5.75 Å². The largest absolute Gasteiger partial charge is 0.438 e. The van der Waals surface area contributed by atoms with E-state index in [1.807, 2.05) is 36.4 Å². The average molecular weight is 325 g/mol. The second kappa shape index (κ2) is 5.32. The lowest BCUT2D eigenvalue weighted by atomic mass is 10.1. The fourth-order valence-electron chi connectivity index (χ4n) is 1.94. The first-order chi connectivity index (χ1) is 9.78. The fourth-order valence-corrected chi connectivity index (χ4v) is 2.51. The van der Waals surface area contributed by atoms with Crippen LogP contribution in [0.2, 0.25) is 0 Å². The lowest BCUT2D eigenvalue weighted by Crippen LogP contribution is -1.90. The predicted octanol–water partition coefficient (Wildman–Crippen LogP) is 4.66. The van der Waals surface area contributed by atoms with E-state index in [9.17, 15) is 0 Å². The molecule has 0 bridgehead atoms. The average Bonchev–Trinajstić information content (AvgIpc) is 2.50. The summed E-state index contributed by atoms with van der Waals surface area (Å²) in [5.74, 6) is 1.08. The summed E-state index contributed by atoms with van der Waals surface area (Å²) in [7, 11) is 0. The Morgan fingerprint density at radius 1 is 1.10 bits per heavy atom. The van der Waals surface area contributed by atoms with Crippen molar-refractivity contribution in [3.8, 4) is 17.7 Å². The maximum Gasteiger partial charge on any atom is 0.220 e. The number of halogens is 1. The Labute approximate surface area is 124 Å². The van der Waals surface area contributed by atoms with Gasteiger partial charge in [0.05, 0.1) is 16.1 Å². The van der Waals surface area contributed by atoms with Gasteiger partial charge >= 0.3 is 0 Å². The van der Waals surface area contributed by atoms with Crippen molar-refractivity contribution in [1.29, 1.82) is 5.26 Å². The molecule has 0 amide bonds. The molecule has 0 saturated carbocycles. The molecule has 0 saturated heterocycles. The number of nitrogens with zero attached hydrogens (tertiary/aromatic N) is 2. The molecule has 0 radical (unpaired) electrons. The van der Waals surface area contributed by atoms with E-state index >= 15 is 0 Å². The summed E-state index contributed by atoms with van der Waals surface area (Å²) in [6.07, 6.45) is 1.56. The molecule has 4 heteroatoms. The molecule has 0 aliphatic rings. The van der Waals surface area contributed by atoms with Crippen LogP contribution in [-0.4, -0.2) is 4.98 Å². The van der Waals surface area contributed by atoms with Crippen LogP contribution in [0.15, 0.2) is 59.2 Å². The standard InChI is InChI=1S/C16H9BrN2O/c17-16-13-4-2-1-3-12(13)5-6-14(16)20-15-9-11(10-18)7-8-19-15/h1-9H. The maximum absolute atomic E-state index is 8.88. The number of hydrogen-bond acceptors (Lipinski definition) is 3. The molecule has 0 N–H and O–H groups in total. The Hall–Kier alpha value is -2.38. The molecule has 3 nitrogen and oxygen atoms in total. The van der Waals surface area contributed by atoms with Crippen molar-refractivity contribution in [3.63, 3.8) is 0 Å². The third-order valence-corrected chi connectivity index (χ3v) is 3.72. The van der Waals surface area contributed by atoms with E-state index in [1.165, 1.54) is 0 Å². The number of ether oxygens (including phenoxy) is 1. The number of aromatic nitrogens is 1. The zero-order valence-electron chi connectivity index (χ0n) is 10.4. The van der Waals surface area contributed by atoms with Crippen LogP contribution in [0.5, 0.6) is 11.6 Å². The number of rotatable bonds is 2. The van der Waals surface area contributed by atoms with Gasteiger partial charge in [-0.3, -0.25) is 0 Å². The number of pyridine rings is 1. The molecule has 96 valence electrons. The third kappa shape index (κ3) is 2.36. The number of benzene rings is 2. The van der Waals surface area contributed by atoms with E-state index in [2.05, 4.69) is 27.0 Å². The summed E-state index contributed by atoms with van der Waals surface area (Å²) in [6.45, 7) is 0. The molecule has 3 aromatic rings. The summed E-state index contributed by atoms with van der Waals surface area (Å²) in [5, 5.41) is 11.1. The van der Waals surface area contributed by atoms with E-state index < -0.39 is 0 Å². The molecule has 1 heterocycles. The molecule has 20 heavy (non-hydrogen) atoms. The van der Waals surface area contributed by atoms with Crippen molar-refractivity contribution in [2.45, 2.75) is 0 Å². The molecular formula is C16H9BrN2O. The molecule has 0 spiro atoms. The Morgan fingerprint density at radius 2 is 1.95 bits per heavy atom. The molecule has 0 atom stereocenters. The van der Waals surface area contributed by atoms with Crippen LogP contribution in [0.3, 0.4) is 0 Å². The summed E-state index contributed by atoms with van der Waals surface area (Å²) in [4.78, 5) is 4.11. The first-order valence-electron chi connectivity index (χ1n) is 5.99. The van der Waals surface area contributed by atoms with E-state index in [0.29, 0.717) is 17.2 Å². The SMILES string of the molecule is N#Cc1ccnc(Oc2ccc3ccccc3c2Br)c1. The van der Waals surface area contributed by atoms with Gasteiger partial charge < -0.3 is 4.74 Å². The van der Waals surface area contributed by atoms with Gasteiger partial charge in [-0.05, 0) is 38.8 Å². The van der Waals surface area contributed by atoms with E-state index in [1.54, 1.807) is 18.3 Å². The third-order valence-electron chi connectivity index (χ3n) is 2.91. The number of nitriles is 1. The fraction of sp³-hybridized carbons (Fsp3) is 0. The summed E-state index contributed by atoms with van der Waals surface area (Å²) in [6, 6.07) is 17.2. The Kier molecular flexibility index (Phi) is 3.36. The Balaban J connectivity index is 2.02. The van der Waals surface area contributed by atoms with Gasteiger partial charge in [-0.25, -0.2) is 4.98 Å². The van der Waals surface area contributed by atoms with Crippen LogP contribution in [0.1, 0.15) is 5.56 Å². The minimum Gasteiger partial charge on any atom is -0.438 e. The molecule has 2 aromatic carbocycles. The second-order valence-corrected chi connectivity index (χ2v) is 4.99. The lowest BCUT2D eigenvalue weighted by Gasteiger charge is -2.09. The first-order valence-corrected chi connectivity index (χ1v) is 6.78. The zero-order valence-corrected chi connectivity index (χ0v) is 12.0. The van der Waals surface area contributed by atoms with Crippen molar-refractivity contribution in [2.24, 2.45) is 0 Å². The molecule has 0 unspecified atom stereocenters. The van der Waals surface area contributed by atoms with Gasteiger partial charge in [0.15, 0.2) is 0 Å². The van der Waals surface area contributed by atoms with Gasteiger partial charge in [-0.15, -0.1) is 0 Å². The van der Waals surface area contributed by atoms with E-state index in [0.717, 1.165) is 15.2 Å². The smallest absolute Gasteiger partial charge is 0.220 e. The van der Waals surface area contributed by atoms with Gasteiger partial charge in [0.2, 0.25) is 5.88 Å². The highest BCUT2D eigenvalue weighted by atomic mass is 79.9. The quantitative estimate of drug-likeness (QED) is 0.688. The summed E-state index contributed by atoms with van der Waals surface area (Å²) in [5.41, 5.74) is 0.520. The van der Waals surface area contributed by atoms with E-state index in [4.69, 9.17) is 10.00 Å². The van der Waals surface area contributed by atoms with Crippen LogP contribution in [0.25, 0.3) is 10.8 Å². The van der Waals surface area contributed by atoms with Crippen LogP contribution >= 0.6 is 15.9 Å². The molecule has 0 aliphatic heterocycles. The minimum atomic E-state index is 0.403. The second-order valence-electron chi connectivity index (χ2n) is 4.20. The van der Waals surface area contributed by atoms with Crippen molar-refractivity contribution in [1.82, 2.24) is 4.98 Å². The monoisotopic (exact) mass is 324 g/mol. The van der Waals surface area contributed by atoms with Crippen molar-refractivity contribution >= 4 is 26.7 Å². The highest BCUT2D eigenvalue weighted by Crippen LogP contribution is 2.35. The predicted molar refractivity (Wildman–Crippen MR) is 80.7 cm³/mol. The van der Waals surface area contributed by atoms with Crippen LogP contribution in [0.4, 0.5) is 0 Å². The number of hydrogen-bond donors (Lipinski definition) is 0. The summed E-state index contributed by atoms with van der Waals surface area (Å²) < 4.78 is 6.63. The lowest BCUT2D eigenvalue weighted by molar-refractivity contribution is 0.461. The van der Waals surface area contributed by atoms with Gasteiger partial charge in [0, 0.05) is 12.3 Å². The first kappa shape index (κ1) is 12.6. The topological polar surface area (TPSA) is 45.9 Å². The highest BCUT2D eigenvalue weighted by molar-refractivity contribution is 9.10. The number of fused-ring (bicyclic) bond motifs is 1. The van der Waals surface area contributed by atoms with Gasteiger partial charge in [-0.2, -0.15) is 5.26 Å². The molecular weight excluding hydrogens is 316 g/mol. The van der Waals surface area contributed by atoms with Crippen molar-refractivity contribution < 1.29 is 4.74 Å². The van der Waals surface area contributed by atoms with Gasteiger partial charge in [0.25, 0.3) is 0 Å². The molecule has 0 aliphatic carbocycles. The summed E-state index contributed by atoms with van der Waals surface area (Å²) >= 11 is 3.56. The van der Waals surface area contributed by atoms with Crippen LogP contribution < -0.4 is 4.74 Å². The molecule has 3 rings (SSSR count). The van der Waals surface area contributed by atoms with E-state index in [-0.39, 0.29) is 0 Å². The molecule has 0 fully saturated rings. The van der Waals surface area contributed by atoms with Gasteiger partial charge in [-0.1, -0.05) is 30.3 Å². The van der Waals surface area contributed by atoms with Crippen molar-refractivity contribution in [2.75, 3.05) is 0 Å². The zero-order chi connectivity index (χ0) is 13.9.